The smallest absolute Gasteiger partial charge is 0.119 e. The Hall–Kier alpha value is -0.580. The van der Waals surface area contributed by atoms with Crippen LogP contribution in [0.25, 0.3) is 0 Å². The maximum absolute atomic E-state index is 5.64. The summed E-state index contributed by atoms with van der Waals surface area (Å²) in [5.74, 6) is 1.43. The highest BCUT2D eigenvalue weighted by atomic mass is 79.9. The number of nitrogens with one attached hydrogen (secondary N) is 1. The maximum Gasteiger partial charge on any atom is 0.119 e. The molecule has 0 bridgehead atoms. The SMILES string of the molecule is CCNC(c1cc(OC)ccc1Br)C1CCCOC1. The van der Waals surface area contributed by atoms with Crippen molar-refractivity contribution < 1.29 is 9.47 Å². The summed E-state index contributed by atoms with van der Waals surface area (Å²) in [7, 11) is 1.71. The van der Waals surface area contributed by atoms with Gasteiger partial charge in [-0.05, 0) is 43.1 Å². The average molecular weight is 328 g/mol. The van der Waals surface area contributed by atoms with Gasteiger partial charge < -0.3 is 14.8 Å². The summed E-state index contributed by atoms with van der Waals surface area (Å²) in [5.41, 5.74) is 1.26. The Bertz CT molecular complexity index is 405. The lowest BCUT2D eigenvalue weighted by Crippen LogP contribution is -2.33. The molecule has 0 saturated carbocycles. The molecule has 2 unspecified atom stereocenters. The molecule has 2 rings (SSSR count). The van der Waals surface area contributed by atoms with E-state index in [2.05, 4.69) is 40.3 Å². The molecule has 0 aromatic heterocycles. The van der Waals surface area contributed by atoms with Crippen molar-refractivity contribution in [2.45, 2.75) is 25.8 Å². The molecule has 1 heterocycles. The van der Waals surface area contributed by atoms with Crippen molar-refractivity contribution in [3.05, 3.63) is 28.2 Å². The minimum atomic E-state index is 0.315. The molecule has 0 spiro atoms. The largest absolute Gasteiger partial charge is 0.497 e. The van der Waals surface area contributed by atoms with E-state index in [0.29, 0.717) is 12.0 Å². The molecular formula is C15H22BrNO2. The van der Waals surface area contributed by atoms with Crippen LogP contribution in [0, 0.1) is 5.92 Å². The number of hydrogen-bond acceptors (Lipinski definition) is 3. The lowest BCUT2D eigenvalue weighted by Gasteiger charge is -2.32. The average Bonchev–Trinajstić information content (AvgIpc) is 2.47. The van der Waals surface area contributed by atoms with Gasteiger partial charge in [0.25, 0.3) is 0 Å². The van der Waals surface area contributed by atoms with E-state index in [4.69, 9.17) is 9.47 Å². The van der Waals surface area contributed by atoms with Crippen molar-refractivity contribution in [2.24, 2.45) is 5.92 Å². The minimum Gasteiger partial charge on any atom is -0.497 e. The predicted molar refractivity (Wildman–Crippen MR) is 80.7 cm³/mol. The van der Waals surface area contributed by atoms with Crippen LogP contribution in [0.5, 0.6) is 5.75 Å². The third-order valence-corrected chi connectivity index (χ3v) is 4.35. The standard InChI is InChI=1S/C15H22BrNO2/c1-3-17-15(11-5-4-8-19-10-11)13-9-12(18-2)6-7-14(13)16/h6-7,9,11,15,17H,3-5,8,10H2,1-2H3. The summed E-state index contributed by atoms with van der Waals surface area (Å²) in [6.07, 6.45) is 2.36. The van der Waals surface area contributed by atoms with E-state index in [9.17, 15) is 0 Å². The molecule has 106 valence electrons. The summed E-state index contributed by atoms with van der Waals surface area (Å²) >= 11 is 3.66. The summed E-state index contributed by atoms with van der Waals surface area (Å²) in [6.45, 7) is 4.82. The summed E-state index contributed by atoms with van der Waals surface area (Å²) in [5, 5.41) is 3.60. The van der Waals surface area contributed by atoms with Gasteiger partial charge in [0.05, 0.1) is 13.7 Å². The van der Waals surface area contributed by atoms with Crippen molar-refractivity contribution in [3.8, 4) is 5.75 Å². The second-order valence-electron chi connectivity index (χ2n) is 4.90. The van der Waals surface area contributed by atoms with Gasteiger partial charge in [-0.25, -0.2) is 0 Å². The fraction of sp³-hybridized carbons (Fsp3) is 0.600. The second-order valence-corrected chi connectivity index (χ2v) is 5.75. The van der Waals surface area contributed by atoms with Crippen LogP contribution >= 0.6 is 15.9 Å². The van der Waals surface area contributed by atoms with Gasteiger partial charge in [0, 0.05) is 23.0 Å². The van der Waals surface area contributed by atoms with Crippen LogP contribution in [0.4, 0.5) is 0 Å². The molecule has 4 heteroatoms. The van der Waals surface area contributed by atoms with Crippen LogP contribution < -0.4 is 10.1 Å². The Balaban J connectivity index is 2.26. The van der Waals surface area contributed by atoms with Gasteiger partial charge >= 0.3 is 0 Å². The van der Waals surface area contributed by atoms with Gasteiger partial charge in [0.15, 0.2) is 0 Å². The summed E-state index contributed by atoms with van der Waals surface area (Å²) in [6, 6.07) is 6.47. The Morgan fingerprint density at radius 1 is 1.53 bits per heavy atom. The molecule has 1 N–H and O–H groups in total. The van der Waals surface area contributed by atoms with E-state index in [0.717, 1.165) is 36.4 Å². The molecule has 1 saturated heterocycles. The van der Waals surface area contributed by atoms with Crippen molar-refractivity contribution in [1.82, 2.24) is 5.32 Å². The first kappa shape index (κ1) is 14.8. The highest BCUT2D eigenvalue weighted by Crippen LogP contribution is 2.35. The maximum atomic E-state index is 5.64. The predicted octanol–water partition coefficient (Wildman–Crippen LogP) is 3.53. The van der Waals surface area contributed by atoms with E-state index in [1.807, 2.05) is 6.07 Å². The fourth-order valence-electron chi connectivity index (χ4n) is 2.67. The zero-order chi connectivity index (χ0) is 13.7. The Morgan fingerprint density at radius 2 is 2.37 bits per heavy atom. The minimum absolute atomic E-state index is 0.315. The molecule has 1 aromatic rings. The molecule has 0 radical (unpaired) electrons. The number of benzene rings is 1. The molecular weight excluding hydrogens is 306 g/mol. The first-order chi connectivity index (χ1) is 9.26. The molecule has 19 heavy (non-hydrogen) atoms. The summed E-state index contributed by atoms with van der Waals surface area (Å²) < 4.78 is 12.1. The third kappa shape index (κ3) is 3.71. The van der Waals surface area contributed by atoms with Gasteiger partial charge in [-0.3, -0.25) is 0 Å². The molecule has 0 aliphatic carbocycles. The van der Waals surface area contributed by atoms with Gasteiger partial charge in [0.1, 0.15) is 5.75 Å². The van der Waals surface area contributed by atoms with Gasteiger partial charge in [-0.15, -0.1) is 0 Å². The Kier molecular flexibility index (Phi) is 5.67. The normalized spacial score (nSPS) is 21.1. The highest BCUT2D eigenvalue weighted by molar-refractivity contribution is 9.10. The number of ether oxygens (including phenoxy) is 2. The van der Waals surface area contributed by atoms with Crippen molar-refractivity contribution in [2.75, 3.05) is 26.9 Å². The highest BCUT2D eigenvalue weighted by Gasteiger charge is 2.26. The number of hydrogen-bond donors (Lipinski definition) is 1. The van der Waals surface area contributed by atoms with Gasteiger partial charge in [0.2, 0.25) is 0 Å². The topological polar surface area (TPSA) is 30.5 Å². The molecule has 1 aliphatic heterocycles. The zero-order valence-electron chi connectivity index (χ0n) is 11.6. The second kappa shape index (κ2) is 7.27. The van der Waals surface area contributed by atoms with E-state index in [1.165, 1.54) is 12.0 Å². The van der Waals surface area contributed by atoms with Crippen molar-refractivity contribution in [1.29, 1.82) is 0 Å². The van der Waals surface area contributed by atoms with E-state index >= 15 is 0 Å². The first-order valence-electron chi connectivity index (χ1n) is 6.90. The van der Waals surface area contributed by atoms with Crippen LogP contribution in [0.1, 0.15) is 31.4 Å². The molecule has 1 aromatic carbocycles. The number of halogens is 1. The molecule has 1 aliphatic rings. The lowest BCUT2D eigenvalue weighted by atomic mass is 9.88. The van der Waals surface area contributed by atoms with Crippen molar-refractivity contribution in [3.63, 3.8) is 0 Å². The lowest BCUT2D eigenvalue weighted by molar-refractivity contribution is 0.0391. The first-order valence-corrected chi connectivity index (χ1v) is 7.70. The summed E-state index contributed by atoms with van der Waals surface area (Å²) in [4.78, 5) is 0. The van der Waals surface area contributed by atoms with Crippen LogP contribution in [0.15, 0.2) is 22.7 Å². The fourth-order valence-corrected chi connectivity index (χ4v) is 3.16. The number of rotatable bonds is 5. The van der Waals surface area contributed by atoms with Gasteiger partial charge in [-0.1, -0.05) is 22.9 Å². The Labute approximate surface area is 123 Å². The van der Waals surface area contributed by atoms with E-state index in [1.54, 1.807) is 7.11 Å². The van der Waals surface area contributed by atoms with Crippen LogP contribution in [-0.2, 0) is 4.74 Å². The zero-order valence-corrected chi connectivity index (χ0v) is 13.2. The van der Waals surface area contributed by atoms with Crippen molar-refractivity contribution >= 4 is 15.9 Å². The van der Waals surface area contributed by atoms with E-state index in [-0.39, 0.29) is 0 Å². The van der Waals surface area contributed by atoms with Gasteiger partial charge in [-0.2, -0.15) is 0 Å². The quantitative estimate of drug-likeness (QED) is 0.897. The van der Waals surface area contributed by atoms with Crippen LogP contribution in [0.2, 0.25) is 0 Å². The Morgan fingerprint density at radius 3 is 3.00 bits per heavy atom. The molecule has 2 atom stereocenters. The molecule has 0 amide bonds. The van der Waals surface area contributed by atoms with Crippen LogP contribution in [-0.4, -0.2) is 26.9 Å². The number of methoxy groups -OCH3 is 1. The molecule has 1 fully saturated rings. The monoisotopic (exact) mass is 327 g/mol. The van der Waals surface area contributed by atoms with Crippen LogP contribution in [0.3, 0.4) is 0 Å². The molecule has 3 nitrogen and oxygen atoms in total. The van der Waals surface area contributed by atoms with E-state index < -0.39 is 0 Å². The third-order valence-electron chi connectivity index (χ3n) is 3.63.